The summed E-state index contributed by atoms with van der Waals surface area (Å²) >= 11 is 1.37. The Morgan fingerprint density at radius 1 is 1.20 bits per heavy atom. The molecule has 0 radical (unpaired) electrons. The van der Waals surface area contributed by atoms with Crippen LogP contribution in [0, 0.1) is 6.92 Å². The van der Waals surface area contributed by atoms with Crippen molar-refractivity contribution in [2.24, 2.45) is 0 Å². The first-order valence-electron chi connectivity index (χ1n) is 7.91. The molecule has 0 saturated carbocycles. The fourth-order valence-corrected chi connectivity index (χ4v) is 5.05. The second-order valence-corrected chi connectivity index (χ2v) is 8.87. The molecule has 1 N–H and O–H groups in total. The molecule has 25 heavy (non-hydrogen) atoms. The van der Waals surface area contributed by atoms with Crippen LogP contribution >= 0.6 is 11.3 Å². The number of carbonyl (C=O) groups excluding carboxylic acids is 1. The topological polar surface area (TPSA) is 76.1 Å². The Morgan fingerprint density at radius 2 is 1.96 bits per heavy atom. The van der Waals surface area contributed by atoms with Crippen LogP contribution in [0.2, 0.25) is 0 Å². The summed E-state index contributed by atoms with van der Waals surface area (Å²) in [4.78, 5) is 17.1. The van der Waals surface area contributed by atoms with Crippen molar-refractivity contribution in [1.29, 1.82) is 0 Å². The number of nitrogens with zero attached hydrogens (tertiary/aromatic N) is 1. The number of rotatable bonds is 5. The van der Waals surface area contributed by atoms with E-state index >= 15 is 0 Å². The standard InChI is InChI=1S/C18H18N2O3S2/c1-3-10-25(22,23)16-7-5-4-6-13(16)17(21)20-18-19-14-9-8-12(2)11-15(14)24-18/h4-9,11H,3,10H2,1-2H3,(H,19,20,21). The zero-order chi connectivity index (χ0) is 18.0. The molecule has 0 fully saturated rings. The van der Waals surface area contributed by atoms with Gasteiger partial charge in [-0.2, -0.15) is 0 Å². The number of hydrogen-bond donors (Lipinski definition) is 1. The number of thiazole rings is 1. The monoisotopic (exact) mass is 374 g/mol. The second-order valence-electron chi connectivity index (χ2n) is 5.76. The molecular formula is C18H18N2O3S2. The Labute approximate surface area is 150 Å². The van der Waals surface area contributed by atoms with Crippen LogP contribution in [0.15, 0.2) is 47.4 Å². The number of aryl methyl sites for hydroxylation is 1. The molecule has 1 amide bonds. The van der Waals surface area contributed by atoms with Crippen LogP contribution in [0.1, 0.15) is 29.3 Å². The van der Waals surface area contributed by atoms with Gasteiger partial charge in [0.2, 0.25) is 0 Å². The fraction of sp³-hybridized carbons (Fsp3) is 0.222. The zero-order valence-corrected chi connectivity index (χ0v) is 15.6. The normalized spacial score (nSPS) is 11.6. The van der Waals surface area contributed by atoms with E-state index in [0.29, 0.717) is 11.6 Å². The number of anilines is 1. The lowest BCUT2D eigenvalue weighted by atomic mass is 10.2. The first-order chi connectivity index (χ1) is 11.9. The number of benzene rings is 2. The van der Waals surface area contributed by atoms with Crippen LogP contribution in [0.25, 0.3) is 10.2 Å². The lowest BCUT2D eigenvalue weighted by molar-refractivity contribution is 0.102. The third kappa shape index (κ3) is 3.72. The van der Waals surface area contributed by atoms with Gasteiger partial charge < -0.3 is 0 Å². The summed E-state index contributed by atoms with van der Waals surface area (Å²) in [6.45, 7) is 3.79. The minimum Gasteiger partial charge on any atom is -0.298 e. The highest BCUT2D eigenvalue weighted by atomic mass is 32.2. The average molecular weight is 374 g/mol. The van der Waals surface area contributed by atoms with Gasteiger partial charge in [-0.25, -0.2) is 13.4 Å². The summed E-state index contributed by atoms with van der Waals surface area (Å²) < 4.78 is 25.8. The van der Waals surface area contributed by atoms with Crippen molar-refractivity contribution in [1.82, 2.24) is 4.98 Å². The molecular weight excluding hydrogens is 356 g/mol. The van der Waals surface area contributed by atoms with E-state index in [2.05, 4.69) is 10.3 Å². The lowest BCUT2D eigenvalue weighted by Gasteiger charge is -2.09. The van der Waals surface area contributed by atoms with Gasteiger partial charge in [-0.05, 0) is 43.2 Å². The van der Waals surface area contributed by atoms with Crippen LogP contribution in [0.3, 0.4) is 0 Å². The Hall–Kier alpha value is -2.25. The Balaban J connectivity index is 1.93. The molecule has 1 aromatic heterocycles. The van der Waals surface area contributed by atoms with Crippen LogP contribution < -0.4 is 5.32 Å². The Bertz CT molecular complexity index is 1040. The van der Waals surface area contributed by atoms with Gasteiger partial charge in [0.1, 0.15) is 0 Å². The number of hydrogen-bond acceptors (Lipinski definition) is 5. The van der Waals surface area contributed by atoms with E-state index in [0.717, 1.165) is 15.8 Å². The molecule has 0 aliphatic carbocycles. The fourth-order valence-electron chi connectivity index (χ4n) is 2.55. The first-order valence-corrected chi connectivity index (χ1v) is 10.4. The molecule has 0 spiro atoms. The summed E-state index contributed by atoms with van der Waals surface area (Å²) in [7, 11) is -3.49. The van der Waals surface area contributed by atoms with E-state index < -0.39 is 15.7 Å². The van der Waals surface area contributed by atoms with E-state index in [9.17, 15) is 13.2 Å². The van der Waals surface area contributed by atoms with Crippen molar-refractivity contribution >= 4 is 42.4 Å². The first kappa shape index (κ1) is 17.6. The molecule has 1 heterocycles. The zero-order valence-electron chi connectivity index (χ0n) is 13.9. The van der Waals surface area contributed by atoms with E-state index in [4.69, 9.17) is 0 Å². The predicted molar refractivity (Wildman–Crippen MR) is 101 cm³/mol. The molecule has 2 aromatic carbocycles. The van der Waals surface area contributed by atoms with E-state index in [-0.39, 0.29) is 16.2 Å². The summed E-state index contributed by atoms with van der Waals surface area (Å²) in [6, 6.07) is 12.1. The molecule has 0 saturated heterocycles. The Kier molecular flexibility index (Phi) is 4.87. The third-order valence-corrected chi connectivity index (χ3v) is 6.61. The van der Waals surface area contributed by atoms with Crippen molar-refractivity contribution in [3.63, 3.8) is 0 Å². The van der Waals surface area contributed by atoms with Crippen LogP contribution in [-0.4, -0.2) is 25.1 Å². The number of aromatic nitrogens is 1. The maximum Gasteiger partial charge on any atom is 0.258 e. The van der Waals surface area contributed by atoms with Gasteiger partial charge in [0.05, 0.1) is 26.4 Å². The van der Waals surface area contributed by atoms with E-state index in [1.54, 1.807) is 19.1 Å². The Morgan fingerprint density at radius 3 is 2.72 bits per heavy atom. The number of carbonyl (C=O) groups is 1. The third-order valence-electron chi connectivity index (χ3n) is 3.70. The van der Waals surface area contributed by atoms with Gasteiger partial charge in [0.25, 0.3) is 5.91 Å². The molecule has 0 unspecified atom stereocenters. The maximum absolute atomic E-state index is 12.6. The van der Waals surface area contributed by atoms with Crippen LogP contribution in [0.5, 0.6) is 0 Å². The van der Waals surface area contributed by atoms with E-state index in [1.807, 2.05) is 25.1 Å². The van der Waals surface area contributed by atoms with Crippen molar-refractivity contribution in [2.45, 2.75) is 25.2 Å². The van der Waals surface area contributed by atoms with Gasteiger partial charge in [-0.1, -0.05) is 36.5 Å². The summed E-state index contributed by atoms with van der Waals surface area (Å²) in [6.07, 6.45) is 0.496. The lowest BCUT2D eigenvalue weighted by Crippen LogP contribution is -2.17. The smallest absolute Gasteiger partial charge is 0.258 e. The minimum absolute atomic E-state index is 0.0116. The molecule has 130 valence electrons. The van der Waals surface area contributed by atoms with Crippen LogP contribution in [-0.2, 0) is 9.84 Å². The van der Waals surface area contributed by atoms with Gasteiger partial charge in [0, 0.05) is 0 Å². The highest BCUT2D eigenvalue weighted by molar-refractivity contribution is 7.91. The van der Waals surface area contributed by atoms with E-state index in [1.165, 1.54) is 23.5 Å². The highest BCUT2D eigenvalue weighted by Gasteiger charge is 2.22. The molecule has 0 aliphatic rings. The largest absolute Gasteiger partial charge is 0.298 e. The van der Waals surface area contributed by atoms with Crippen LogP contribution in [0.4, 0.5) is 5.13 Å². The predicted octanol–water partition coefficient (Wildman–Crippen LogP) is 4.04. The molecule has 0 aliphatic heterocycles. The summed E-state index contributed by atoms with van der Waals surface area (Å²) in [5.41, 5.74) is 2.06. The quantitative estimate of drug-likeness (QED) is 0.731. The summed E-state index contributed by atoms with van der Waals surface area (Å²) in [5.74, 6) is -0.455. The van der Waals surface area contributed by atoms with Crippen molar-refractivity contribution < 1.29 is 13.2 Å². The molecule has 0 bridgehead atoms. The number of sulfone groups is 1. The van der Waals surface area contributed by atoms with Crippen molar-refractivity contribution in [3.8, 4) is 0 Å². The number of amides is 1. The molecule has 0 atom stereocenters. The molecule has 5 nitrogen and oxygen atoms in total. The second kappa shape index (κ2) is 6.93. The van der Waals surface area contributed by atoms with Gasteiger partial charge in [0.15, 0.2) is 15.0 Å². The maximum atomic E-state index is 12.6. The molecule has 3 rings (SSSR count). The average Bonchev–Trinajstić information content (AvgIpc) is 2.96. The highest BCUT2D eigenvalue weighted by Crippen LogP contribution is 2.27. The van der Waals surface area contributed by atoms with Gasteiger partial charge in [-0.3, -0.25) is 10.1 Å². The summed E-state index contributed by atoms with van der Waals surface area (Å²) in [5, 5.41) is 3.18. The number of nitrogens with one attached hydrogen (secondary N) is 1. The van der Waals surface area contributed by atoms with Gasteiger partial charge in [-0.15, -0.1) is 0 Å². The molecule has 7 heteroatoms. The minimum atomic E-state index is -3.49. The SMILES string of the molecule is CCCS(=O)(=O)c1ccccc1C(=O)Nc1nc2ccc(C)cc2s1. The molecule has 3 aromatic rings. The van der Waals surface area contributed by atoms with Crippen molar-refractivity contribution in [3.05, 3.63) is 53.6 Å². The van der Waals surface area contributed by atoms with Crippen molar-refractivity contribution in [2.75, 3.05) is 11.1 Å². The number of fused-ring (bicyclic) bond motifs is 1. The van der Waals surface area contributed by atoms with Gasteiger partial charge >= 0.3 is 0 Å².